The molecule has 2 aromatic heterocycles. The van der Waals surface area contributed by atoms with E-state index in [0.717, 1.165) is 0 Å². The van der Waals surface area contributed by atoms with Crippen molar-refractivity contribution < 1.29 is 20.1 Å². The SMILES string of the molecule is Nc1ncnc2c1ncn2[C@@H]1O[C@]2(CC[C@@H]2O)[C@H](O)C1O. The zero-order valence-electron chi connectivity index (χ0n) is 11.0. The van der Waals surface area contributed by atoms with Crippen LogP contribution in [0.3, 0.4) is 0 Å². The van der Waals surface area contributed by atoms with Gasteiger partial charge in [0.15, 0.2) is 17.7 Å². The summed E-state index contributed by atoms with van der Waals surface area (Å²) in [4.78, 5) is 12.0. The van der Waals surface area contributed by atoms with Crippen LogP contribution in [0.2, 0.25) is 0 Å². The Balaban J connectivity index is 1.78. The smallest absolute Gasteiger partial charge is 0.167 e. The Kier molecular flexibility index (Phi) is 2.52. The van der Waals surface area contributed by atoms with Crippen molar-refractivity contribution in [2.24, 2.45) is 0 Å². The fourth-order valence-electron chi connectivity index (χ4n) is 3.13. The van der Waals surface area contributed by atoms with Crippen molar-refractivity contribution in [3.63, 3.8) is 0 Å². The van der Waals surface area contributed by atoms with Crippen LogP contribution in [-0.2, 0) is 4.74 Å². The number of fused-ring (bicyclic) bond motifs is 1. The van der Waals surface area contributed by atoms with E-state index < -0.39 is 30.1 Å². The van der Waals surface area contributed by atoms with Crippen LogP contribution in [0.15, 0.2) is 12.7 Å². The second-order valence-corrected chi connectivity index (χ2v) is 5.54. The molecule has 1 aliphatic heterocycles. The molecule has 1 aliphatic carbocycles. The maximum absolute atomic E-state index is 10.3. The molecule has 9 nitrogen and oxygen atoms in total. The maximum atomic E-state index is 10.3. The Morgan fingerprint density at radius 3 is 2.71 bits per heavy atom. The summed E-state index contributed by atoms with van der Waals surface area (Å²) in [7, 11) is 0. The fraction of sp³-hybridized carbons (Fsp3) is 0.583. The summed E-state index contributed by atoms with van der Waals surface area (Å²) in [6.07, 6.45) is -0.266. The highest BCUT2D eigenvalue weighted by atomic mass is 16.6. The van der Waals surface area contributed by atoms with Gasteiger partial charge in [-0.25, -0.2) is 15.0 Å². The molecule has 1 unspecified atom stereocenters. The van der Waals surface area contributed by atoms with Crippen LogP contribution < -0.4 is 5.73 Å². The van der Waals surface area contributed by atoms with Crippen molar-refractivity contribution >= 4 is 17.0 Å². The van der Waals surface area contributed by atoms with E-state index >= 15 is 0 Å². The van der Waals surface area contributed by atoms with Crippen molar-refractivity contribution in [3.05, 3.63) is 12.7 Å². The van der Waals surface area contributed by atoms with Crippen LogP contribution in [0.4, 0.5) is 5.82 Å². The molecular weight excluding hydrogens is 278 g/mol. The van der Waals surface area contributed by atoms with Gasteiger partial charge in [0.05, 0.1) is 12.4 Å². The fourth-order valence-corrected chi connectivity index (χ4v) is 3.13. The minimum absolute atomic E-state index is 0.227. The quantitative estimate of drug-likeness (QED) is 0.501. The van der Waals surface area contributed by atoms with Gasteiger partial charge >= 0.3 is 0 Å². The molecule has 0 radical (unpaired) electrons. The summed E-state index contributed by atoms with van der Waals surface area (Å²) in [5.41, 5.74) is 5.42. The third-order valence-corrected chi connectivity index (χ3v) is 4.49. The average molecular weight is 293 g/mol. The predicted molar refractivity (Wildman–Crippen MR) is 69.8 cm³/mol. The molecule has 1 spiro atoms. The lowest BCUT2D eigenvalue weighted by Crippen LogP contribution is -2.59. The van der Waals surface area contributed by atoms with Gasteiger partial charge in [0.2, 0.25) is 0 Å². The predicted octanol–water partition coefficient (Wildman–Crippen LogP) is -1.45. The number of aliphatic hydroxyl groups is 3. The van der Waals surface area contributed by atoms with Gasteiger partial charge < -0.3 is 25.8 Å². The third kappa shape index (κ3) is 1.51. The first-order valence-corrected chi connectivity index (χ1v) is 6.69. The number of hydrogen-bond acceptors (Lipinski definition) is 8. The maximum Gasteiger partial charge on any atom is 0.167 e. The number of nitrogen functional groups attached to an aromatic ring is 1. The molecule has 0 amide bonds. The molecule has 2 aliphatic rings. The van der Waals surface area contributed by atoms with Crippen LogP contribution in [0.25, 0.3) is 11.2 Å². The molecular formula is C12H15N5O4. The minimum Gasteiger partial charge on any atom is -0.390 e. The molecule has 5 N–H and O–H groups in total. The Bertz CT molecular complexity index is 706. The summed E-state index contributed by atoms with van der Waals surface area (Å²) in [6.45, 7) is 0. The van der Waals surface area contributed by atoms with Crippen LogP contribution in [0, 0.1) is 0 Å². The average Bonchev–Trinajstić information content (AvgIpc) is 3.01. The molecule has 0 bridgehead atoms. The second-order valence-electron chi connectivity index (χ2n) is 5.54. The van der Waals surface area contributed by atoms with Gasteiger partial charge in [-0.1, -0.05) is 0 Å². The Morgan fingerprint density at radius 1 is 1.29 bits per heavy atom. The summed E-state index contributed by atoms with van der Waals surface area (Å²) in [5.74, 6) is 0.227. The van der Waals surface area contributed by atoms with Crippen molar-refractivity contribution in [3.8, 4) is 0 Å². The molecule has 2 fully saturated rings. The number of aromatic nitrogens is 4. The molecule has 1 saturated heterocycles. The number of nitrogens with two attached hydrogens (primary N) is 1. The van der Waals surface area contributed by atoms with Crippen molar-refractivity contribution in [1.29, 1.82) is 0 Å². The Morgan fingerprint density at radius 2 is 2.10 bits per heavy atom. The number of ether oxygens (including phenoxy) is 1. The molecule has 112 valence electrons. The van der Waals surface area contributed by atoms with E-state index in [4.69, 9.17) is 10.5 Å². The zero-order chi connectivity index (χ0) is 14.8. The standard InChI is InChI=1S/C12H15N5O4/c13-9-6-10(15-3-14-9)17(4-16-6)11-7(19)8(20)12(21-11)2-1-5(12)18/h3-5,7-8,11,18-20H,1-2H2,(H2,13,14,15)/t5-,7?,8+,11+,12-/m0/s1. The van der Waals surface area contributed by atoms with E-state index in [1.54, 1.807) is 0 Å². The number of anilines is 1. The first-order valence-electron chi connectivity index (χ1n) is 6.69. The number of nitrogens with zero attached hydrogens (tertiary/aromatic N) is 4. The summed E-state index contributed by atoms with van der Waals surface area (Å²) in [6, 6.07) is 0. The largest absolute Gasteiger partial charge is 0.390 e. The van der Waals surface area contributed by atoms with Crippen molar-refractivity contribution in [2.75, 3.05) is 5.73 Å². The second kappa shape index (κ2) is 4.10. The third-order valence-electron chi connectivity index (χ3n) is 4.49. The minimum atomic E-state index is -1.19. The van der Waals surface area contributed by atoms with E-state index in [9.17, 15) is 15.3 Å². The molecule has 9 heteroatoms. The number of aliphatic hydroxyl groups excluding tert-OH is 3. The highest BCUT2D eigenvalue weighted by Gasteiger charge is 2.63. The number of rotatable bonds is 1. The van der Waals surface area contributed by atoms with E-state index in [1.807, 2.05) is 0 Å². The lowest BCUT2D eigenvalue weighted by atomic mass is 9.73. The first kappa shape index (κ1) is 12.9. The van der Waals surface area contributed by atoms with Crippen LogP contribution in [-0.4, -0.2) is 58.8 Å². The Labute approximate surface area is 119 Å². The summed E-state index contributed by atoms with van der Waals surface area (Å²) < 4.78 is 7.29. The van der Waals surface area contributed by atoms with Crippen molar-refractivity contribution in [2.45, 2.75) is 43.0 Å². The van der Waals surface area contributed by atoms with E-state index in [-0.39, 0.29) is 5.82 Å². The van der Waals surface area contributed by atoms with Crippen LogP contribution >= 0.6 is 0 Å². The molecule has 4 rings (SSSR count). The molecule has 0 aromatic carbocycles. The summed E-state index contributed by atoms with van der Waals surface area (Å²) >= 11 is 0. The van der Waals surface area contributed by atoms with E-state index in [0.29, 0.717) is 24.0 Å². The molecule has 2 aromatic rings. The van der Waals surface area contributed by atoms with Gasteiger partial charge in [-0.15, -0.1) is 0 Å². The topological polar surface area (TPSA) is 140 Å². The zero-order valence-corrected chi connectivity index (χ0v) is 11.0. The molecule has 3 heterocycles. The van der Waals surface area contributed by atoms with Gasteiger partial charge in [0, 0.05) is 0 Å². The summed E-state index contributed by atoms with van der Waals surface area (Å²) in [5, 5.41) is 30.4. The van der Waals surface area contributed by atoms with E-state index in [2.05, 4.69) is 15.0 Å². The van der Waals surface area contributed by atoms with Gasteiger partial charge in [0.25, 0.3) is 0 Å². The lowest BCUT2D eigenvalue weighted by Gasteiger charge is -2.44. The number of imidazole rings is 1. The van der Waals surface area contributed by atoms with Crippen LogP contribution in [0.1, 0.15) is 19.1 Å². The molecule has 5 atom stereocenters. The lowest BCUT2D eigenvalue weighted by molar-refractivity contribution is -0.213. The molecule has 1 saturated carbocycles. The highest BCUT2D eigenvalue weighted by Crippen LogP contribution is 2.49. The van der Waals surface area contributed by atoms with E-state index in [1.165, 1.54) is 17.2 Å². The van der Waals surface area contributed by atoms with Crippen molar-refractivity contribution in [1.82, 2.24) is 19.5 Å². The van der Waals surface area contributed by atoms with Gasteiger partial charge in [-0.2, -0.15) is 0 Å². The van der Waals surface area contributed by atoms with Gasteiger partial charge in [-0.05, 0) is 12.8 Å². The Hall–Kier alpha value is -1.81. The van der Waals surface area contributed by atoms with Gasteiger partial charge in [-0.3, -0.25) is 4.57 Å². The molecule has 21 heavy (non-hydrogen) atoms. The van der Waals surface area contributed by atoms with Crippen LogP contribution in [0.5, 0.6) is 0 Å². The van der Waals surface area contributed by atoms with Gasteiger partial charge in [0.1, 0.15) is 29.7 Å². The highest BCUT2D eigenvalue weighted by molar-refractivity contribution is 5.81. The number of hydrogen-bond donors (Lipinski definition) is 4. The normalized spacial score (nSPS) is 39.0. The first-order chi connectivity index (χ1) is 10.0. The monoisotopic (exact) mass is 293 g/mol.